The maximum absolute atomic E-state index is 12.0. The quantitative estimate of drug-likeness (QED) is 0.900. The van der Waals surface area contributed by atoms with Crippen LogP contribution >= 0.6 is 15.9 Å². The lowest BCUT2D eigenvalue weighted by Crippen LogP contribution is -2.26. The van der Waals surface area contributed by atoms with E-state index in [1.165, 1.54) is 0 Å². The summed E-state index contributed by atoms with van der Waals surface area (Å²) < 4.78 is 0.772. The molecule has 0 aliphatic carbocycles. The molecule has 0 saturated carbocycles. The van der Waals surface area contributed by atoms with Crippen molar-refractivity contribution in [3.63, 3.8) is 0 Å². The van der Waals surface area contributed by atoms with Gasteiger partial charge in [-0.15, -0.1) is 0 Å². The average Bonchev–Trinajstić information content (AvgIpc) is 2.35. The molecule has 0 atom stereocenters. The third-order valence-electron chi connectivity index (χ3n) is 2.78. The highest BCUT2D eigenvalue weighted by molar-refractivity contribution is 9.11. The zero-order chi connectivity index (χ0) is 12.3. The third kappa shape index (κ3) is 2.88. The first-order chi connectivity index (χ1) is 8.18. The highest BCUT2D eigenvalue weighted by Crippen LogP contribution is 2.25. The van der Waals surface area contributed by atoms with Crippen LogP contribution in [0.5, 0.6) is 0 Å². The molecule has 1 aromatic carbocycles. The minimum Gasteiger partial charge on any atom is -0.385 e. The molecule has 0 aromatic heterocycles. The minimum atomic E-state index is -0.0360. The van der Waals surface area contributed by atoms with Gasteiger partial charge in [-0.3, -0.25) is 4.79 Å². The molecule has 17 heavy (non-hydrogen) atoms. The Kier molecular flexibility index (Phi) is 3.84. The molecule has 2 rings (SSSR count). The van der Waals surface area contributed by atoms with Crippen LogP contribution in [0.4, 0.5) is 5.69 Å². The number of nitrogens with one attached hydrogen (secondary N) is 2. The van der Waals surface area contributed by atoms with E-state index in [1.807, 2.05) is 18.2 Å². The molecule has 90 valence electrons. The average molecular weight is 295 g/mol. The van der Waals surface area contributed by atoms with E-state index >= 15 is 0 Å². The molecule has 0 bridgehead atoms. The van der Waals surface area contributed by atoms with E-state index in [2.05, 4.69) is 33.1 Å². The fourth-order valence-electron chi connectivity index (χ4n) is 1.99. The van der Waals surface area contributed by atoms with Gasteiger partial charge >= 0.3 is 0 Å². The van der Waals surface area contributed by atoms with E-state index in [0.717, 1.165) is 40.7 Å². The van der Waals surface area contributed by atoms with Crippen LogP contribution in [0.2, 0.25) is 0 Å². The van der Waals surface area contributed by atoms with Crippen LogP contribution in [-0.4, -0.2) is 19.0 Å². The van der Waals surface area contributed by atoms with Gasteiger partial charge in [-0.2, -0.15) is 0 Å². The van der Waals surface area contributed by atoms with Gasteiger partial charge in [0.1, 0.15) is 0 Å². The molecule has 0 radical (unpaired) electrons. The summed E-state index contributed by atoms with van der Waals surface area (Å²) in [5.74, 6) is -0.0360. The van der Waals surface area contributed by atoms with Gasteiger partial charge in [0.15, 0.2) is 0 Å². The van der Waals surface area contributed by atoms with Crippen LogP contribution in [0.25, 0.3) is 0 Å². The zero-order valence-corrected chi connectivity index (χ0v) is 11.1. The predicted molar refractivity (Wildman–Crippen MR) is 73.7 cm³/mol. The van der Waals surface area contributed by atoms with Gasteiger partial charge in [-0.05, 0) is 30.5 Å². The number of carbonyl (C=O) groups excluding carboxylic acids is 1. The molecule has 1 heterocycles. The van der Waals surface area contributed by atoms with E-state index in [9.17, 15) is 4.79 Å². The number of rotatable bonds is 3. The lowest BCUT2D eigenvalue weighted by atomic mass is 9.97. The van der Waals surface area contributed by atoms with Gasteiger partial charge in [-0.1, -0.05) is 28.6 Å². The van der Waals surface area contributed by atoms with Crippen LogP contribution in [0.1, 0.15) is 22.3 Å². The monoisotopic (exact) mass is 294 g/mol. The van der Waals surface area contributed by atoms with Crippen molar-refractivity contribution in [2.24, 2.45) is 0 Å². The highest BCUT2D eigenvalue weighted by atomic mass is 79.9. The number of amides is 1. The van der Waals surface area contributed by atoms with Crippen molar-refractivity contribution in [1.82, 2.24) is 5.32 Å². The number of hydrogen-bond donors (Lipinski definition) is 2. The van der Waals surface area contributed by atoms with Crippen molar-refractivity contribution < 1.29 is 4.79 Å². The predicted octanol–water partition coefficient (Wildman–Crippen LogP) is 2.68. The molecule has 1 amide bonds. The van der Waals surface area contributed by atoms with Crippen molar-refractivity contribution in [1.29, 1.82) is 0 Å². The van der Waals surface area contributed by atoms with E-state index < -0.39 is 0 Å². The lowest BCUT2D eigenvalue weighted by Gasteiger charge is -2.20. The highest BCUT2D eigenvalue weighted by Gasteiger charge is 2.16. The zero-order valence-electron chi connectivity index (χ0n) is 9.55. The van der Waals surface area contributed by atoms with Crippen LogP contribution in [0.15, 0.2) is 29.3 Å². The second-order valence-electron chi connectivity index (χ2n) is 4.06. The number of carbonyl (C=O) groups is 1. The summed E-state index contributed by atoms with van der Waals surface area (Å²) in [6, 6.07) is 5.81. The van der Waals surface area contributed by atoms with Gasteiger partial charge in [0.2, 0.25) is 0 Å². The van der Waals surface area contributed by atoms with Crippen molar-refractivity contribution in [2.75, 3.05) is 18.4 Å². The number of benzene rings is 1. The summed E-state index contributed by atoms with van der Waals surface area (Å²) >= 11 is 3.23. The van der Waals surface area contributed by atoms with Gasteiger partial charge in [0.05, 0.1) is 0 Å². The summed E-state index contributed by atoms with van der Waals surface area (Å²) in [5, 5.41) is 6.15. The Bertz CT molecular complexity index is 457. The smallest absolute Gasteiger partial charge is 0.251 e. The SMILES string of the molecule is C=C(Br)CNC(=O)c1cccc2c1CCCN2. The van der Waals surface area contributed by atoms with Crippen LogP contribution in [0, 0.1) is 0 Å². The fraction of sp³-hybridized carbons (Fsp3) is 0.308. The molecule has 0 fully saturated rings. The molecule has 1 aromatic rings. The lowest BCUT2D eigenvalue weighted by molar-refractivity contribution is 0.0957. The Balaban J connectivity index is 2.20. The van der Waals surface area contributed by atoms with Gasteiger partial charge in [0.25, 0.3) is 5.91 Å². The van der Waals surface area contributed by atoms with Crippen LogP contribution in [0.3, 0.4) is 0 Å². The van der Waals surface area contributed by atoms with Gasteiger partial charge in [0, 0.05) is 28.8 Å². The second kappa shape index (κ2) is 5.36. The Morgan fingerprint density at radius 3 is 3.12 bits per heavy atom. The first-order valence-corrected chi connectivity index (χ1v) is 6.45. The van der Waals surface area contributed by atoms with E-state index in [1.54, 1.807) is 0 Å². The summed E-state index contributed by atoms with van der Waals surface area (Å²) in [6.07, 6.45) is 2.03. The minimum absolute atomic E-state index is 0.0360. The van der Waals surface area contributed by atoms with Crippen LogP contribution < -0.4 is 10.6 Å². The van der Waals surface area contributed by atoms with Crippen molar-refractivity contribution in [3.05, 3.63) is 40.4 Å². The summed E-state index contributed by atoms with van der Waals surface area (Å²) in [5.41, 5.74) is 2.97. The maximum Gasteiger partial charge on any atom is 0.251 e. The first kappa shape index (κ1) is 12.2. The van der Waals surface area contributed by atoms with E-state index in [4.69, 9.17) is 0 Å². The largest absolute Gasteiger partial charge is 0.385 e. The standard InChI is InChI=1S/C13H15BrN2O/c1-9(14)8-16-13(17)11-4-2-6-12-10(11)5-3-7-15-12/h2,4,6,15H,1,3,5,7-8H2,(H,16,17). The Morgan fingerprint density at radius 1 is 1.53 bits per heavy atom. The van der Waals surface area contributed by atoms with E-state index in [0.29, 0.717) is 6.54 Å². The summed E-state index contributed by atoms with van der Waals surface area (Å²) in [7, 11) is 0. The van der Waals surface area contributed by atoms with Gasteiger partial charge < -0.3 is 10.6 Å². The molecule has 1 aliphatic heterocycles. The fourth-order valence-corrected chi connectivity index (χ4v) is 2.13. The summed E-state index contributed by atoms with van der Waals surface area (Å²) in [4.78, 5) is 12.0. The molecule has 0 unspecified atom stereocenters. The van der Waals surface area contributed by atoms with Gasteiger partial charge in [-0.25, -0.2) is 0 Å². The molecule has 1 aliphatic rings. The molecular weight excluding hydrogens is 280 g/mol. The number of hydrogen-bond acceptors (Lipinski definition) is 2. The van der Waals surface area contributed by atoms with E-state index in [-0.39, 0.29) is 5.91 Å². The Morgan fingerprint density at radius 2 is 2.35 bits per heavy atom. The second-order valence-corrected chi connectivity index (χ2v) is 5.18. The number of halogens is 1. The Labute approximate surface area is 109 Å². The number of fused-ring (bicyclic) bond motifs is 1. The normalized spacial score (nSPS) is 13.5. The Hall–Kier alpha value is -1.29. The van der Waals surface area contributed by atoms with Crippen molar-refractivity contribution in [3.8, 4) is 0 Å². The maximum atomic E-state index is 12.0. The third-order valence-corrected chi connectivity index (χ3v) is 3.06. The summed E-state index contributed by atoms with van der Waals surface area (Å²) in [6.45, 7) is 5.13. The number of anilines is 1. The van der Waals surface area contributed by atoms with Crippen molar-refractivity contribution >= 4 is 27.5 Å². The topological polar surface area (TPSA) is 41.1 Å². The first-order valence-electron chi connectivity index (χ1n) is 5.65. The molecule has 0 spiro atoms. The molecular formula is C13H15BrN2O. The molecule has 0 saturated heterocycles. The van der Waals surface area contributed by atoms with Crippen LogP contribution in [-0.2, 0) is 6.42 Å². The van der Waals surface area contributed by atoms with Crippen molar-refractivity contribution in [2.45, 2.75) is 12.8 Å². The molecule has 2 N–H and O–H groups in total. The molecule has 4 heteroatoms. The molecule has 3 nitrogen and oxygen atoms in total.